The summed E-state index contributed by atoms with van der Waals surface area (Å²) in [7, 11) is 0. The van der Waals surface area contributed by atoms with Crippen molar-refractivity contribution in [3.05, 3.63) is 54.4 Å². The maximum atomic E-state index is 14.3. The summed E-state index contributed by atoms with van der Waals surface area (Å²) in [5.41, 5.74) is 0.891. The van der Waals surface area contributed by atoms with Gasteiger partial charge >= 0.3 is 12.1 Å². The molecule has 6 nitrogen and oxygen atoms in total. The standard InChI is InChI=1S/C17H18FN3O3/c18-14-11-21(17(22)23-12-13-5-2-1-3-6-13)10-7-15(14)24-16-19-8-4-9-20-16/h1-6,8-9,14-15H,7,10-12H2/t14-,15+/m0/s1. The molecule has 0 unspecified atom stereocenters. The van der Waals surface area contributed by atoms with Crippen LogP contribution in [-0.4, -0.2) is 46.3 Å². The normalized spacial score (nSPS) is 20.5. The average Bonchev–Trinajstić information content (AvgIpc) is 2.63. The first-order chi connectivity index (χ1) is 11.7. The number of hydrogen-bond acceptors (Lipinski definition) is 5. The quantitative estimate of drug-likeness (QED) is 0.862. The number of likely N-dealkylation sites (tertiary alicyclic amines) is 1. The van der Waals surface area contributed by atoms with Gasteiger partial charge in [0.2, 0.25) is 0 Å². The molecule has 0 aliphatic carbocycles. The SMILES string of the molecule is O=C(OCc1ccccc1)N1CC[C@@H](Oc2ncccn2)[C@@H](F)C1. The molecule has 0 bridgehead atoms. The van der Waals surface area contributed by atoms with E-state index in [0.29, 0.717) is 13.0 Å². The molecule has 0 saturated carbocycles. The fourth-order valence-corrected chi connectivity index (χ4v) is 2.47. The Morgan fingerprint density at radius 2 is 1.96 bits per heavy atom. The van der Waals surface area contributed by atoms with Gasteiger partial charge in [0, 0.05) is 25.4 Å². The Morgan fingerprint density at radius 1 is 1.21 bits per heavy atom. The van der Waals surface area contributed by atoms with Gasteiger partial charge in [-0.05, 0) is 11.6 Å². The van der Waals surface area contributed by atoms with E-state index in [9.17, 15) is 9.18 Å². The molecule has 2 aromatic rings. The molecular weight excluding hydrogens is 313 g/mol. The second-order valence-corrected chi connectivity index (χ2v) is 5.48. The molecule has 1 saturated heterocycles. The Bertz CT molecular complexity index is 657. The van der Waals surface area contributed by atoms with E-state index in [2.05, 4.69) is 9.97 Å². The molecule has 2 heterocycles. The van der Waals surface area contributed by atoms with E-state index in [4.69, 9.17) is 9.47 Å². The molecule has 1 aromatic heterocycles. The first-order valence-corrected chi connectivity index (χ1v) is 7.76. The first-order valence-electron chi connectivity index (χ1n) is 7.76. The lowest BCUT2D eigenvalue weighted by Crippen LogP contribution is -2.49. The summed E-state index contributed by atoms with van der Waals surface area (Å²) in [4.78, 5) is 21.3. The molecule has 126 valence electrons. The maximum absolute atomic E-state index is 14.3. The zero-order chi connectivity index (χ0) is 16.8. The van der Waals surface area contributed by atoms with Crippen LogP contribution in [0.15, 0.2) is 48.8 Å². The van der Waals surface area contributed by atoms with E-state index < -0.39 is 18.4 Å². The number of piperidine rings is 1. The van der Waals surface area contributed by atoms with Gasteiger partial charge < -0.3 is 14.4 Å². The van der Waals surface area contributed by atoms with Crippen LogP contribution >= 0.6 is 0 Å². The number of aromatic nitrogens is 2. The molecule has 1 aromatic carbocycles. The zero-order valence-corrected chi connectivity index (χ0v) is 13.0. The summed E-state index contributed by atoms with van der Waals surface area (Å²) in [6.45, 7) is 0.474. The minimum Gasteiger partial charge on any atom is -0.457 e. The van der Waals surface area contributed by atoms with Crippen LogP contribution in [0.5, 0.6) is 6.01 Å². The van der Waals surface area contributed by atoms with Gasteiger partial charge in [-0.15, -0.1) is 0 Å². The molecule has 24 heavy (non-hydrogen) atoms. The van der Waals surface area contributed by atoms with Crippen LogP contribution in [0, 0.1) is 0 Å². The number of amides is 1. The number of benzene rings is 1. The largest absolute Gasteiger partial charge is 0.457 e. The number of ether oxygens (including phenoxy) is 2. The molecular formula is C17H18FN3O3. The second kappa shape index (κ2) is 7.72. The van der Waals surface area contributed by atoms with Crippen LogP contribution in [0.2, 0.25) is 0 Å². The van der Waals surface area contributed by atoms with Crippen LogP contribution < -0.4 is 4.74 Å². The van der Waals surface area contributed by atoms with E-state index in [1.807, 2.05) is 30.3 Å². The fourth-order valence-electron chi connectivity index (χ4n) is 2.47. The molecule has 1 fully saturated rings. The molecule has 0 N–H and O–H groups in total. The zero-order valence-electron chi connectivity index (χ0n) is 13.0. The predicted octanol–water partition coefficient (Wildman–Crippen LogP) is 2.60. The monoisotopic (exact) mass is 331 g/mol. The van der Waals surface area contributed by atoms with E-state index in [1.54, 1.807) is 6.07 Å². The summed E-state index contributed by atoms with van der Waals surface area (Å²) in [5.74, 6) is 0. The summed E-state index contributed by atoms with van der Waals surface area (Å²) < 4.78 is 25.0. The molecule has 0 spiro atoms. The minimum atomic E-state index is -1.31. The Balaban J connectivity index is 1.48. The molecule has 0 radical (unpaired) electrons. The number of halogens is 1. The van der Waals surface area contributed by atoms with E-state index in [1.165, 1.54) is 17.3 Å². The van der Waals surface area contributed by atoms with Crippen LogP contribution in [0.4, 0.5) is 9.18 Å². The lowest BCUT2D eigenvalue weighted by molar-refractivity contribution is 0.0108. The van der Waals surface area contributed by atoms with Crippen molar-refractivity contribution in [2.75, 3.05) is 13.1 Å². The van der Waals surface area contributed by atoms with E-state index in [0.717, 1.165) is 5.56 Å². The predicted molar refractivity (Wildman–Crippen MR) is 84.2 cm³/mol. The lowest BCUT2D eigenvalue weighted by atomic mass is 10.1. The van der Waals surface area contributed by atoms with Crippen molar-refractivity contribution in [1.82, 2.24) is 14.9 Å². The van der Waals surface area contributed by atoms with Crippen molar-refractivity contribution in [3.8, 4) is 6.01 Å². The van der Waals surface area contributed by atoms with Crippen LogP contribution in [-0.2, 0) is 11.3 Å². The topological polar surface area (TPSA) is 64.5 Å². The smallest absolute Gasteiger partial charge is 0.410 e. The molecule has 1 aliphatic heterocycles. The third kappa shape index (κ3) is 4.18. The van der Waals surface area contributed by atoms with Crippen molar-refractivity contribution in [2.45, 2.75) is 25.3 Å². The van der Waals surface area contributed by atoms with Crippen LogP contribution in [0.1, 0.15) is 12.0 Å². The van der Waals surface area contributed by atoms with Gasteiger partial charge in [0.25, 0.3) is 0 Å². The highest BCUT2D eigenvalue weighted by Crippen LogP contribution is 2.19. The fraction of sp³-hybridized carbons (Fsp3) is 0.353. The Hall–Kier alpha value is -2.70. The number of rotatable bonds is 4. The minimum absolute atomic E-state index is 0.0644. The number of carbonyl (C=O) groups excluding carboxylic acids is 1. The van der Waals surface area contributed by atoms with Gasteiger partial charge in [-0.3, -0.25) is 0 Å². The third-order valence-electron chi connectivity index (χ3n) is 3.74. The van der Waals surface area contributed by atoms with Crippen LogP contribution in [0.3, 0.4) is 0 Å². The Kier molecular flexibility index (Phi) is 5.20. The van der Waals surface area contributed by atoms with E-state index >= 15 is 0 Å². The molecule has 2 atom stereocenters. The maximum Gasteiger partial charge on any atom is 0.410 e. The highest BCUT2D eigenvalue weighted by atomic mass is 19.1. The van der Waals surface area contributed by atoms with Gasteiger partial charge in [0.15, 0.2) is 6.17 Å². The number of nitrogens with zero attached hydrogens (tertiary/aromatic N) is 3. The third-order valence-corrected chi connectivity index (χ3v) is 3.74. The van der Waals surface area contributed by atoms with Gasteiger partial charge in [0.05, 0.1) is 6.54 Å². The van der Waals surface area contributed by atoms with Crippen molar-refractivity contribution in [2.24, 2.45) is 0 Å². The summed E-state index contributed by atoms with van der Waals surface area (Å²) in [6.07, 6.45) is 0.935. The van der Waals surface area contributed by atoms with Crippen molar-refractivity contribution in [1.29, 1.82) is 0 Å². The summed E-state index contributed by atoms with van der Waals surface area (Å²) in [6, 6.07) is 11.2. The van der Waals surface area contributed by atoms with Crippen molar-refractivity contribution >= 4 is 6.09 Å². The number of alkyl halides is 1. The summed E-state index contributed by atoms with van der Waals surface area (Å²) >= 11 is 0. The summed E-state index contributed by atoms with van der Waals surface area (Å²) in [5, 5.41) is 0. The highest BCUT2D eigenvalue weighted by molar-refractivity contribution is 5.67. The number of hydrogen-bond donors (Lipinski definition) is 0. The van der Waals surface area contributed by atoms with Gasteiger partial charge in [-0.2, -0.15) is 0 Å². The average molecular weight is 331 g/mol. The Labute approximate surface area is 139 Å². The molecule has 1 aliphatic rings. The van der Waals surface area contributed by atoms with Crippen molar-refractivity contribution in [3.63, 3.8) is 0 Å². The number of carbonyl (C=O) groups is 1. The Morgan fingerprint density at radius 3 is 2.67 bits per heavy atom. The van der Waals surface area contributed by atoms with Gasteiger partial charge in [-0.1, -0.05) is 30.3 Å². The van der Waals surface area contributed by atoms with E-state index in [-0.39, 0.29) is 19.2 Å². The van der Waals surface area contributed by atoms with Crippen molar-refractivity contribution < 1.29 is 18.7 Å². The van der Waals surface area contributed by atoms with Crippen LogP contribution in [0.25, 0.3) is 0 Å². The highest BCUT2D eigenvalue weighted by Gasteiger charge is 2.34. The lowest BCUT2D eigenvalue weighted by Gasteiger charge is -2.33. The van der Waals surface area contributed by atoms with Gasteiger partial charge in [0.1, 0.15) is 12.7 Å². The second-order valence-electron chi connectivity index (χ2n) is 5.48. The van der Waals surface area contributed by atoms with Gasteiger partial charge in [-0.25, -0.2) is 19.2 Å². The molecule has 1 amide bonds. The molecule has 7 heteroatoms. The molecule has 3 rings (SSSR count). The first kappa shape index (κ1) is 16.2.